The maximum atomic E-state index is 2.24. The van der Waals surface area contributed by atoms with E-state index in [0.29, 0.717) is 5.41 Å². The quantitative estimate of drug-likeness (QED) is 0.626. The zero-order chi connectivity index (χ0) is 5.91. The van der Waals surface area contributed by atoms with Gasteiger partial charge in [0, 0.05) is 0 Å². The van der Waals surface area contributed by atoms with E-state index in [1.54, 1.807) is 0 Å². The normalized spacial score (nSPS) is 10.5. The van der Waals surface area contributed by atoms with Gasteiger partial charge >= 0.3 is 0 Å². The van der Waals surface area contributed by atoms with Gasteiger partial charge in [0.1, 0.15) is 0 Å². The van der Waals surface area contributed by atoms with Gasteiger partial charge in [-0.15, -0.1) is 0 Å². The van der Waals surface area contributed by atoms with Crippen LogP contribution in [0, 0.1) is 11.8 Å². The van der Waals surface area contributed by atoms with Crippen LogP contribution in [0.25, 0.3) is 0 Å². The Bertz CT molecular complexity index is 42.8. The van der Waals surface area contributed by atoms with Crippen molar-refractivity contribution < 1.29 is 0 Å². The van der Waals surface area contributed by atoms with Gasteiger partial charge in [0.15, 0.2) is 0 Å². The molecule has 0 spiro atoms. The third-order valence-corrected chi connectivity index (χ3v) is 0.816. The van der Waals surface area contributed by atoms with Crippen LogP contribution in [0.5, 0.6) is 0 Å². The predicted octanol–water partition coefficient (Wildman–Crippen LogP) is 2.65. The van der Waals surface area contributed by atoms with Gasteiger partial charge in [0.05, 0.1) is 0 Å². The summed E-state index contributed by atoms with van der Waals surface area (Å²) in [6.07, 6.45) is 3.42. The molecule has 0 aromatic rings. The molecule has 0 rings (SSSR count). The first kappa shape index (κ1) is 10.1. The Hall–Kier alpha value is -1.00. The Balaban J connectivity index is 0. The third kappa shape index (κ3) is 8.89. The number of hydrogen-bond acceptors (Lipinski definition) is 0. The zero-order valence-corrected chi connectivity index (χ0v) is 12.9. The van der Waals surface area contributed by atoms with E-state index in [-0.39, 0.29) is 0 Å². The van der Waals surface area contributed by atoms with Crippen molar-refractivity contribution in [3.05, 3.63) is 6.42 Å². The van der Waals surface area contributed by atoms with Crippen LogP contribution in [0.4, 0.5) is 0 Å². The summed E-state index contributed by atoms with van der Waals surface area (Å²) in [5, 5.41) is 0. The second kappa shape index (κ2) is 3.06. The second-order valence-electron chi connectivity index (χ2n) is 3.17. The number of hydrogen-bond donors (Lipinski definition) is 0. The second-order valence-corrected chi connectivity index (χ2v) is 3.17. The van der Waals surface area contributed by atoms with E-state index >= 15 is 0 Å². The molecule has 0 aliphatic carbocycles. The first-order valence-electron chi connectivity index (χ1n) is 2.84. The van der Waals surface area contributed by atoms with Gasteiger partial charge in [-0.05, 0) is 0 Å². The fourth-order valence-corrected chi connectivity index (χ4v) is 0.612. The minimum Gasteiger partial charge on any atom is -0.331 e. The Labute approximate surface area is 46.9 Å². The van der Waals surface area contributed by atoms with Crippen LogP contribution in [-0.4, -0.2) is 0 Å². The maximum absolute atomic E-state index is 2.24. The van der Waals surface area contributed by atoms with E-state index in [9.17, 15) is 0 Å². The molecule has 1 heteroatoms. The van der Waals surface area contributed by atoms with Crippen molar-refractivity contribution in [2.24, 2.45) is 5.41 Å². The molecule has 0 fully saturated rings. The van der Waals surface area contributed by atoms with Crippen molar-refractivity contribution in [2.45, 2.75) is 34.1 Å². The van der Waals surface area contributed by atoms with Crippen molar-refractivity contribution in [1.82, 2.24) is 0 Å². The summed E-state index contributed by atoms with van der Waals surface area (Å²) < 4.78 is 0. The van der Waals surface area contributed by atoms with Crippen LogP contribution >= 0.6 is 0 Å². The van der Waals surface area contributed by atoms with Crippen LogP contribution in [0.15, 0.2) is 0 Å². The first-order chi connectivity index (χ1) is 3.06. The van der Waals surface area contributed by atoms with Crippen LogP contribution in [0.1, 0.15) is 34.1 Å². The molecule has 0 aromatic heterocycles. The molecule has 0 nitrogen and oxygen atoms in total. The Morgan fingerprint density at radius 2 is 1.62 bits per heavy atom. The summed E-state index contributed by atoms with van der Waals surface area (Å²) in [7, 11) is 0. The van der Waals surface area contributed by atoms with E-state index in [2.05, 4.69) is 34.1 Å². The fraction of sp³-hybridized carbons (Fsp3) is 0.857. The Morgan fingerprint density at radius 3 is 1.62 bits per heavy atom. The topological polar surface area (TPSA) is 0 Å². The largest absolute Gasteiger partial charge is 0.331 e. The smallest absolute Gasteiger partial charge is 0 e. The average Bonchev–Trinajstić information content (AvgIpc) is 1.30. The molecular formula is C7H15Rf-. The van der Waals surface area contributed by atoms with Crippen molar-refractivity contribution in [3.8, 4) is 0 Å². The molecule has 0 radical (unpaired) electrons. The molecule has 0 saturated carbocycles. The monoisotopic (exact) mass is 366 g/mol. The summed E-state index contributed by atoms with van der Waals surface area (Å²) in [5.74, 6) is 0. The van der Waals surface area contributed by atoms with E-state index in [0.717, 1.165) is 0 Å². The van der Waals surface area contributed by atoms with Gasteiger partial charge in [-0.2, -0.15) is 13.3 Å². The maximum Gasteiger partial charge on any atom is 0 e. The van der Waals surface area contributed by atoms with Crippen molar-refractivity contribution in [2.75, 3.05) is 0 Å². The number of rotatable bonds is 1. The van der Waals surface area contributed by atoms with Crippen molar-refractivity contribution in [1.29, 1.82) is 0 Å². The molecule has 0 aromatic carbocycles. The van der Waals surface area contributed by atoms with Crippen LogP contribution in [0.3, 0.4) is 0 Å². The minimum absolute atomic E-state index is 0. The third-order valence-electron chi connectivity index (χ3n) is 0.816. The fourth-order valence-electron chi connectivity index (χ4n) is 0.612. The van der Waals surface area contributed by atoms with Gasteiger partial charge in [-0.25, -0.2) is 0 Å². The average molecular weight is 366 g/mol. The summed E-state index contributed by atoms with van der Waals surface area (Å²) >= 11 is 0. The molecule has 8 heavy (non-hydrogen) atoms. The zero-order valence-electron chi connectivity index (χ0n) is 6.49. The molecule has 0 bridgehead atoms. The Kier molecular flexibility index (Phi) is 3.86. The van der Waals surface area contributed by atoms with Crippen LogP contribution in [0.2, 0.25) is 0 Å². The molecule has 0 amide bonds. The molecule has 0 heterocycles. The van der Waals surface area contributed by atoms with Gasteiger partial charge < -0.3 is 6.42 Å². The predicted molar refractivity (Wildman–Crippen MR) is 34.0 cm³/mol. The van der Waals surface area contributed by atoms with Crippen molar-refractivity contribution in [3.63, 3.8) is 0 Å². The van der Waals surface area contributed by atoms with E-state index in [1.807, 2.05) is 0 Å². The molecule has 0 N–H and O–H groups in total. The van der Waals surface area contributed by atoms with Gasteiger partial charge in [0.25, 0.3) is 0 Å². The van der Waals surface area contributed by atoms with Gasteiger partial charge in [-0.1, -0.05) is 26.2 Å². The summed E-state index contributed by atoms with van der Waals surface area (Å²) in [4.78, 5) is 0. The summed E-state index contributed by atoms with van der Waals surface area (Å²) in [6.45, 7) is 8.83. The standard InChI is InChI=1S/C7H15.Rf/c1-5-6-7(2,3)4;/h5H,6H2,1-4H3;/q-1;. The van der Waals surface area contributed by atoms with Gasteiger partial charge in [0.2, 0.25) is 0 Å². The first-order valence-corrected chi connectivity index (χ1v) is 2.84. The van der Waals surface area contributed by atoms with E-state index in [4.69, 9.17) is 0 Å². The SMILES string of the molecule is C[CH-]CC(C)(C)C.[Rf]. The molecule has 0 saturated heterocycles. The minimum atomic E-state index is 0. The molecule has 0 aliphatic heterocycles. The van der Waals surface area contributed by atoms with Crippen LogP contribution < -0.4 is 0 Å². The molecule has 46 valence electrons. The summed E-state index contributed by atoms with van der Waals surface area (Å²) in [5.41, 5.74) is 0.495. The molecule has 0 aliphatic rings. The summed E-state index contributed by atoms with van der Waals surface area (Å²) in [6, 6.07) is 0. The van der Waals surface area contributed by atoms with E-state index in [1.165, 1.54) is 6.42 Å². The molecular weight excluding hydrogens is 351 g/mol. The van der Waals surface area contributed by atoms with Crippen LogP contribution in [-0.2, 0) is 0 Å². The molecule has 0 atom stereocenters. The Morgan fingerprint density at radius 1 is 1.25 bits per heavy atom. The van der Waals surface area contributed by atoms with Crippen molar-refractivity contribution >= 4 is 0 Å². The van der Waals surface area contributed by atoms with E-state index < -0.39 is 0 Å². The van der Waals surface area contributed by atoms with Gasteiger partial charge in [-0.3, -0.25) is 0 Å². The molecule has 0 unspecified atom stereocenters.